The first-order valence-electron chi connectivity index (χ1n) is 6.14. The van der Waals surface area contributed by atoms with Gasteiger partial charge in [-0.05, 0) is 26.2 Å². The molecule has 1 rings (SSSR count). The minimum Gasteiger partial charge on any atom is -0.378 e. The lowest BCUT2D eigenvalue weighted by molar-refractivity contribution is -0.138. The number of hydrogen-bond acceptors (Lipinski definition) is 4. The summed E-state index contributed by atoms with van der Waals surface area (Å²) >= 11 is 0. The smallest absolute Gasteiger partial charge is 0.222 e. The van der Waals surface area contributed by atoms with Gasteiger partial charge in [0.25, 0.3) is 0 Å². The molecule has 1 aliphatic heterocycles. The van der Waals surface area contributed by atoms with Gasteiger partial charge in [0.2, 0.25) is 5.91 Å². The molecule has 1 aliphatic rings. The summed E-state index contributed by atoms with van der Waals surface area (Å²) in [7, 11) is 3.11. The van der Waals surface area contributed by atoms with Crippen LogP contribution in [-0.2, 0) is 19.0 Å². The Bertz CT molecular complexity index is 225. The second kappa shape index (κ2) is 7.63. The van der Waals surface area contributed by atoms with E-state index in [9.17, 15) is 4.79 Å². The van der Waals surface area contributed by atoms with Gasteiger partial charge in [0.05, 0.1) is 18.6 Å². The second-order valence-corrected chi connectivity index (χ2v) is 4.39. The summed E-state index contributed by atoms with van der Waals surface area (Å²) in [5.41, 5.74) is 0. The van der Waals surface area contributed by atoms with Crippen LogP contribution in [0.5, 0.6) is 0 Å². The van der Waals surface area contributed by atoms with Crippen molar-refractivity contribution in [2.24, 2.45) is 0 Å². The SMILES string of the molecule is COC(OC)C(C)NC(=O)CC1CCCCO1. The summed E-state index contributed by atoms with van der Waals surface area (Å²) in [5, 5.41) is 2.86. The first kappa shape index (κ1) is 14.4. The Morgan fingerprint density at radius 2 is 2.12 bits per heavy atom. The van der Waals surface area contributed by atoms with E-state index in [-0.39, 0.29) is 18.1 Å². The molecule has 0 aromatic heterocycles. The van der Waals surface area contributed by atoms with Crippen LogP contribution in [0.15, 0.2) is 0 Å². The number of hydrogen-bond donors (Lipinski definition) is 1. The predicted octanol–water partition coefficient (Wildman–Crippen LogP) is 1.07. The minimum atomic E-state index is -0.411. The lowest BCUT2D eigenvalue weighted by Crippen LogP contribution is -2.44. The molecule has 5 nitrogen and oxygen atoms in total. The molecule has 100 valence electrons. The van der Waals surface area contributed by atoms with Gasteiger partial charge in [-0.3, -0.25) is 4.79 Å². The highest BCUT2D eigenvalue weighted by Gasteiger charge is 2.21. The molecule has 0 radical (unpaired) electrons. The maximum atomic E-state index is 11.8. The van der Waals surface area contributed by atoms with Gasteiger partial charge >= 0.3 is 0 Å². The molecule has 1 N–H and O–H groups in total. The third-order valence-electron chi connectivity index (χ3n) is 2.95. The van der Waals surface area contributed by atoms with Gasteiger partial charge in [0.15, 0.2) is 6.29 Å². The van der Waals surface area contributed by atoms with Crippen LogP contribution >= 0.6 is 0 Å². The first-order valence-corrected chi connectivity index (χ1v) is 6.14. The van der Waals surface area contributed by atoms with E-state index >= 15 is 0 Å². The summed E-state index contributed by atoms with van der Waals surface area (Å²) in [6, 6.07) is -0.166. The number of rotatable bonds is 6. The minimum absolute atomic E-state index is 0.0106. The van der Waals surface area contributed by atoms with Crippen molar-refractivity contribution >= 4 is 5.91 Å². The van der Waals surface area contributed by atoms with Crippen LogP contribution in [0.1, 0.15) is 32.6 Å². The lowest BCUT2D eigenvalue weighted by atomic mass is 10.1. The Kier molecular flexibility index (Phi) is 6.47. The third kappa shape index (κ3) is 5.02. The van der Waals surface area contributed by atoms with Crippen molar-refractivity contribution in [3.8, 4) is 0 Å². The normalized spacial score (nSPS) is 22.5. The maximum absolute atomic E-state index is 11.8. The zero-order valence-electron chi connectivity index (χ0n) is 10.9. The van der Waals surface area contributed by atoms with Crippen molar-refractivity contribution in [3.63, 3.8) is 0 Å². The summed E-state index contributed by atoms with van der Waals surface area (Å²) in [4.78, 5) is 11.8. The van der Waals surface area contributed by atoms with Crippen molar-refractivity contribution in [2.75, 3.05) is 20.8 Å². The van der Waals surface area contributed by atoms with Gasteiger partial charge in [0.1, 0.15) is 0 Å². The largest absolute Gasteiger partial charge is 0.378 e. The van der Waals surface area contributed by atoms with Crippen LogP contribution in [0.3, 0.4) is 0 Å². The monoisotopic (exact) mass is 245 g/mol. The average molecular weight is 245 g/mol. The molecule has 1 amide bonds. The zero-order chi connectivity index (χ0) is 12.7. The molecule has 0 spiro atoms. The van der Waals surface area contributed by atoms with Gasteiger partial charge < -0.3 is 19.5 Å². The molecular formula is C12H23NO4. The van der Waals surface area contributed by atoms with Crippen molar-refractivity contribution < 1.29 is 19.0 Å². The Morgan fingerprint density at radius 1 is 1.41 bits per heavy atom. The molecule has 2 atom stereocenters. The van der Waals surface area contributed by atoms with E-state index in [1.165, 1.54) is 0 Å². The predicted molar refractivity (Wildman–Crippen MR) is 63.6 cm³/mol. The van der Waals surface area contributed by atoms with E-state index in [1.54, 1.807) is 14.2 Å². The number of nitrogens with one attached hydrogen (secondary N) is 1. The third-order valence-corrected chi connectivity index (χ3v) is 2.95. The van der Waals surface area contributed by atoms with Crippen LogP contribution in [-0.4, -0.2) is 45.2 Å². The Hall–Kier alpha value is -0.650. The molecule has 0 saturated carbocycles. The fourth-order valence-corrected chi connectivity index (χ4v) is 2.06. The first-order chi connectivity index (χ1) is 8.17. The maximum Gasteiger partial charge on any atom is 0.222 e. The second-order valence-electron chi connectivity index (χ2n) is 4.39. The average Bonchev–Trinajstić information content (AvgIpc) is 2.31. The molecule has 17 heavy (non-hydrogen) atoms. The summed E-state index contributed by atoms with van der Waals surface area (Å²) < 4.78 is 15.7. The van der Waals surface area contributed by atoms with Crippen molar-refractivity contribution in [2.45, 2.75) is 51.0 Å². The van der Waals surface area contributed by atoms with Crippen LogP contribution in [0, 0.1) is 0 Å². The fraction of sp³-hybridized carbons (Fsp3) is 0.917. The molecule has 1 heterocycles. The van der Waals surface area contributed by atoms with Gasteiger partial charge in [0, 0.05) is 20.8 Å². The molecule has 1 fully saturated rings. The van der Waals surface area contributed by atoms with E-state index in [0.717, 1.165) is 25.9 Å². The van der Waals surface area contributed by atoms with E-state index in [1.807, 2.05) is 6.92 Å². The molecule has 1 saturated heterocycles. The van der Waals surface area contributed by atoms with E-state index < -0.39 is 6.29 Å². The highest BCUT2D eigenvalue weighted by molar-refractivity contribution is 5.76. The van der Waals surface area contributed by atoms with Crippen LogP contribution in [0.25, 0.3) is 0 Å². The summed E-state index contributed by atoms with van der Waals surface area (Å²) in [5.74, 6) is -0.0106. The number of carbonyl (C=O) groups is 1. The lowest BCUT2D eigenvalue weighted by Gasteiger charge is -2.25. The number of amides is 1. The molecular weight excluding hydrogens is 222 g/mol. The number of carbonyl (C=O) groups excluding carboxylic acids is 1. The number of methoxy groups -OCH3 is 2. The van der Waals surface area contributed by atoms with Gasteiger partial charge in [-0.1, -0.05) is 0 Å². The van der Waals surface area contributed by atoms with Gasteiger partial charge in [-0.2, -0.15) is 0 Å². The highest BCUT2D eigenvalue weighted by atomic mass is 16.7. The summed E-state index contributed by atoms with van der Waals surface area (Å²) in [6.07, 6.45) is 3.30. The Morgan fingerprint density at radius 3 is 2.65 bits per heavy atom. The van der Waals surface area contributed by atoms with Gasteiger partial charge in [-0.25, -0.2) is 0 Å². The van der Waals surface area contributed by atoms with Crippen LogP contribution in [0.2, 0.25) is 0 Å². The topological polar surface area (TPSA) is 56.8 Å². The molecule has 5 heteroatoms. The standard InChI is InChI=1S/C12H23NO4/c1-9(12(15-2)16-3)13-11(14)8-10-6-4-5-7-17-10/h9-10,12H,4-8H2,1-3H3,(H,13,14). The summed E-state index contributed by atoms with van der Waals surface area (Å²) in [6.45, 7) is 2.63. The van der Waals surface area contributed by atoms with Crippen molar-refractivity contribution in [3.05, 3.63) is 0 Å². The Balaban J connectivity index is 2.27. The Labute approximate surface area is 103 Å². The molecule has 0 bridgehead atoms. The van der Waals surface area contributed by atoms with E-state index in [0.29, 0.717) is 6.42 Å². The molecule has 2 unspecified atom stereocenters. The van der Waals surface area contributed by atoms with Crippen LogP contribution in [0.4, 0.5) is 0 Å². The number of ether oxygens (including phenoxy) is 3. The fourth-order valence-electron chi connectivity index (χ4n) is 2.06. The van der Waals surface area contributed by atoms with Gasteiger partial charge in [-0.15, -0.1) is 0 Å². The molecule has 0 aromatic carbocycles. The quantitative estimate of drug-likeness (QED) is 0.711. The zero-order valence-corrected chi connectivity index (χ0v) is 10.9. The highest BCUT2D eigenvalue weighted by Crippen LogP contribution is 2.15. The van der Waals surface area contributed by atoms with Crippen molar-refractivity contribution in [1.82, 2.24) is 5.32 Å². The molecule has 0 aromatic rings. The van der Waals surface area contributed by atoms with Crippen LogP contribution < -0.4 is 5.32 Å². The van der Waals surface area contributed by atoms with E-state index in [4.69, 9.17) is 14.2 Å². The van der Waals surface area contributed by atoms with E-state index in [2.05, 4.69) is 5.32 Å². The van der Waals surface area contributed by atoms with Crippen molar-refractivity contribution in [1.29, 1.82) is 0 Å². The molecule has 0 aliphatic carbocycles.